The van der Waals surface area contributed by atoms with Crippen molar-refractivity contribution in [2.24, 2.45) is 0 Å². The van der Waals surface area contributed by atoms with Gasteiger partial charge in [0.25, 0.3) is 4.96 Å². The second kappa shape index (κ2) is 5.62. The third-order valence-electron chi connectivity index (χ3n) is 3.53. The molecule has 0 amide bonds. The maximum atomic E-state index is 11.2. The van der Waals surface area contributed by atoms with Gasteiger partial charge in [-0.3, -0.25) is 0 Å². The normalized spacial score (nSPS) is 15.3. The molecule has 20 heavy (non-hydrogen) atoms. The second-order valence-electron chi connectivity index (χ2n) is 4.88. The summed E-state index contributed by atoms with van der Waals surface area (Å²) in [5.74, 6) is 0.400. The van der Waals surface area contributed by atoms with Gasteiger partial charge in [-0.2, -0.15) is 9.38 Å². The highest BCUT2D eigenvalue weighted by molar-refractivity contribution is 7.15. The summed E-state index contributed by atoms with van der Waals surface area (Å²) in [5, 5.41) is 16.1. The van der Waals surface area contributed by atoms with Crippen molar-refractivity contribution >= 4 is 27.9 Å². The summed E-state index contributed by atoms with van der Waals surface area (Å²) in [4.78, 5) is 15.7. The largest absolute Gasteiger partial charge is 0.372 e. The monoisotopic (exact) mass is 292 g/mol. The van der Waals surface area contributed by atoms with Gasteiger partial charge in [0.15, 0.2) is 0 Å². The Kier molecular flexibility index (Phi) is 3.68. The summed E-state index contributed by atoms with van der Waals surface area (Å²) < 4.78 is 1.52. The first-order valence-corrected chi connectivity index (χ1v) is 7.65. The van der Waals surface area contributed by atoms with E-state index in [0.29, 0.717) is 17.3 Å². The van der Waals surface area contributed by atoms with Crippen LogP contribution in [0.25, 0.3) is 4.96 Å². The molecule has 1 aliphatic carbocycles. The number of nitro groups is 1. The van der Waals surface area contributed by atoms with Crippen molar-refractivity contribution in [3.63, 3.8) is 0 Å². The molecule has 0 unspecified atom stereocenters. The molecule has 2 aromatic heterocycles. The van der Waals surface area contributed by atoms with E-state index in [4.69, 9.17) is 0 Å². The molecule has 2 aromatic rings. The highest BCUT2D eigenvalue weighted by atomic mass is 32.1. The van der Waals surface area contributed by atoms with E-state index in [2.05, 4.69) is 16.4 Å². The number of aromatic nitrogens is 2. The summed E-state index contributed by atoms with van der Waals surface area (Å²) in [5.41, 5.74) is 1.45. The number of thiazole rings is 1. The Morgan fingerprint density at radius 2 is 2.40 bits per heavy atom. The Morgan fingerprint density at radius 3 is 3.15 bits per heavy atom. The van der Waals surface area contributed by atoms with Crippen molar-refractivity contribution in [1.82, 2.24) is 9.38 Å². The van der Waals surface area contributed by atoms with Crippen LogP contribution < -0.4 is 5.32 Å². The van der Waals surface area contributed by atoms with Crippen LogP contribution in [-0.4, -0.2) is 20.9 Å². The predicted octanol–water partition coefficient (Wildman–Crippen LogP) is 3.61. The van der Waals surface area contributed by atoms with E-state index >= 15 is 0 Å². The molecule has 106 valence electrons. The van der Waals surface area contributed by atoms with E-state index < -0.39 is 0 Å². The summed E-state index contributed by atoms with van der Waals surface area (Å²) in [6.07, 6.45) is 9.76. The van der Waals surface area contributed by atoms with Crippen molar-refractivity contribution in [3.05, 3.63) is 33.3 Å². The molecule has 0 aliphatic heterocycles. The van der Waals surface area contributed by atoms with Crippen LogP contribution in [0.2, 0.25) is 0 Å². The van der Waals surface area contributed by atoms with Crippen molar-refractivity contribution in [3.8, 4) is 0 Å². The molecule has 2 heterocycles. The maximum absolute atomic E-state index is 11.2. The molecule has 0 radical (unpaired) electrons. The molecular weight excluding hydrogens is 276 g/mol. The summed E-state index contributed by atoms with van der Waals surface area (Å²) >= 11 is 1.40. The second-order valence-corrected chi connectivity index (χ2v) is 5.75. The number of imidazole rings is 1. The van der Waals surface area contributed by atoms with E-state index in [1.165, 1.54) is 34.2 Å². The number of rotatable bonds is 5. The molecule has 1 aliphatic rings. The van der Waals surface area contributed by atoms with Crippen LogP contribution in [0.1, 0.15) is 32.1 Å². The SMILES string of the molecule is O=[N+]([O-])c1c(NCCC2=CCCCC2)nc2sccn12. The van der Waals surface area contributed by atoms with Crippen LogP contribution in [-0.2, 0) is 0 Å². The van der Waals surface area contributed by atoms with Crippen molar-refractivity contribution < 1.29 is 4.92 Å². The minimum Gasteiger partial charge on any atom is -0.363 e. The third kappa shape index (κ3) is 2.53. The van der Waals surface area contributed by atoms with Gasteiger partial charge in [0, 0.05) is 11.9 Å². The Labute approximate surface area is 120 Å². The minimum atomic E-state index is -0.380. The molecule has 0 bridgehead atoms. The third-order valence-corrected chi connectivity index (χ3v) is 4.29. The molecule has 0 atom stereocenters. The minimum absolute atomic E-state index is 0.0267. The number of hydrogen-bond donors (Lipinski definition) is 1. The first kappa shape index (κ1) is 13.1. The average molecular weight is 292 g/mol. The van der Waals surface area contributed by atoms with E-state index in [0.717, 1.165) is 19.3 Å². The molecule has 0 saturated carbocycles. The number of nitrogens with zero attached hydrogens (tertiary/aromatic N) is 3. The van der Waals surface area contributed by atoms with Gasteiger partial charge < -0.3 is 15.4 Å². The number of fused-ring (bicyclic) bond motifs is 1. The lowest BCUT2D eigenvalue weighted by molar-refractivity contribution is -0.389. The molecule has 3 rings (SSSR count). The van der Waals surface area contributed by atoms with Gasteiger partial charge in [-0.05, 0) is 37.0 Å². The quantitative estimate of drug-likeness (QED) is 0.519. The molecule has 0 saturated heterocycles. The van der Waals surface area contributed by atoms with E-state index in [1.807, 2.05) is 0 Å². The highest BCUT2D eigenvalue weighted by Gasteiger charge is 2.23. The van der Waals surface area contributed by atoms with Gasteiger partial charge in [-0.15, -0.1) is 0 Å². The summed E-state index contributed by atoms with van der Waals surface area (Å²) in [6.45, 7) is 0.692. The highest BCUT2D eigenvalue weighted by Crippen LogP contribution is 2.28. The zero-order chi connectivity index (χ0) is 13.9. The number of allylic oxidation sites excluding steroid dienone is 1. The summed E-state index contributed by atoms with van der Waals surface area (Å²) in [6, 6.07) is 0. The van der Waals surface area contributed by atoms with E-state index in [1.54, 1.807) is 11.6 Å². The van der Waals surface area contributed by atoms with Gasteiger partial charge in [-0.25, -0.2) is 0 Å². The first-order chi connectivity index (χ1) is 9.75. The molecule has 1 N–H and O–H groups in total. The molecular formula is C13H16N4O2S. The van der Waals surface area contributed by atoms with Crippen LogP contribution in [0.4, 0.5) is 11.6 Å². The predicted molar refractivity (Wildman–Crippen MR) is 79.4 cm³/mol. The van der Waals surface area contributed by atoms with Crippen molar-refractivity contribution in [1.29, 1.82) is 0 Å². The number of nitrogens with one attached hydrogen (secondary N) is 1. The van der Waals surface area contributed by atoms with E-state index in [9.17, 15) is 10.1 Å². The Bertz CT molecular complexity index is 658. The Balaban J connectivity index is 1.70. The lowest BCUT2D eigenvalue weighted by Crippen LogP contribution is -2.06. The molecule has 0 fully saturated rings. The smallest absolute Gasteiger partial charge is 0.363 e. The number of anilines is 1. The zero-order valence-corrected chi connectivity index (χ0v) is 11.9. The van der Waals surface area contributed by atoms with Gasteiger partial charge >= 0.3 is 5.82 Å². The topological polar surface area (TPSA) is 72.5 Å². The first-order valence-electron chi connectivity index (χ1n) is 6.77. The van der Waals surface area contributed by atoms with Gasteiger partial charge in [0.1, 0.15) is 6.20 Å². The van der Waals surface area contributed by atoms with Crippen LogP contribution in [0.5, 0.6) is 0 Å². The fourth-order valence-corrected chi connectivity index (χ4v) is 3.25. The van der Waals surface area contributed by atoms with Crippen LogP contribution in [0, 0.1) is 10.1 Å². The molecule has 7 heteroatoms. The van der Waals surface area contributed by atoms with E-state index in [-0.39, 0.29) is 10.7 Å². The van der Waals surface area contributed by atoms with Crippen molar-refractivity contribution in [2.45, 2.75) is 32.1 Å². The maximum Gasteiger partial charge on any atom is 0.372 e. The standard InChI is InChI=1S/C13H16N4O2S/c18-17(19)12-11(15-13-16(12)8-9-20-13)14-7-6-10-4-2-1-3-5-10/h4,8-9,14H,1-3,5-7H2. The van der Waals surface area contributed by atoms with Crippen molar-refractivity contribution in [2.75, 3.05) is 11.9 Å². The molecule has 0 aromatic carbocycles. The van der Waals surface area contributed by atoms with Gasteiger partial charge in [-0.1, -0.05) is 23.0 Å². The summed E-state index contributed by atoms with van der Waals surface area (Å²) in [7, 11) is 0. The molecule has 0 spiro atoms. The van der Waals surface area contributed by atoms with Crippen LogP contribution in [0.15, 0.2) is 23.2 Å². The van der Waals surface area contributed by atoms with Crippen LogP contribution in [0.3, 0.4) is 0 Å². The fraction of sp³-hybridized carbons (Fsp3) is 0.462. The Morgan fingerprint density at radius 1 is 1.50 bits per heavy atom. The average Bonchev–Trinajstić information content (AvgIpc) is 2.99. The number of hydrogen-bond acceptors (Lipinski definition) is 5. The fourth-order valence-electron chi connectivity index (χ4n) is 2.54. The van der Waals surface area contributed by atoms with Gasteiger partial charge in [0.2, 0.25) is 5.82 Å². The lowest BCUT2D eigenvalue weighted by Gasteiger charge is -2.12. The lowest BCUT2D eigenvalue weighted by atomic mass is 9.97. The van der Waals surface area contributed by atoms with Gasteiger partial charge in [0.05, 0.1) is 0 Å². The zero-order valence-electron chi connectivity index (χ0n) is 11.0. The Hall–Kier alpha value is -1.89. The molecule has 6 nitrogen and oxygen atoms in total. The van der Waals surface area contributed by atoms with Crippen LogP contribution >= 0.6 is 11.3 Å².